The van der Waals surface area contributed by atoms with Gasteiger partial charge in [-0.15, -0.1) is 0 Å². The van der Waals surface area contributed by atoms with Gasteiger partial charge in [0.2, 0.25) is 0 Å². The molecule has 62 valence electrons. The number of allylic oxidation sites excluding steroid dienone is 3. The molecule has 2 aliphatic rings. The largest absolute Gasteiger partial charge is 0.322 e. The topological polar surface area (TPSA) is 58.2 Å². The van der Waals surface area contributed by atoms with E-state index in [1.807, 2.05) is 18.2 Å². The van der Waals surface area contributed by atoms with Crippen molar-refractivity contribution in [2.75, 3.05) is 0 Å². The first-order valence-corrected chi connectivity index (χ1v) is 3.74. The van der Waals surface area contributed by atoms with Gasteiger partial charge in [0.15, 0.2) is 0 Å². The summed E-state index contributed by atoms with van der Waals surface area (Å²) >= 11 is 0. The fourth-order valence-corrected chi connectivity index (χ4v) is 1.36. The minimum absolute atomic E-state index is 0.255. The second kappa shape index (κ2) is 2.48. The Hall–Kier alpha value is -1.58. The second-order valence-corrected chi connectivity index (χ2v) is 2.77. The molecule has 0 bridgehead atoms. The van der Waals surface area contributed by atoms with Gasteiger partial charge in [0.25, 0.3) is 5.91 Å². The third-order valence-corrected chi connectivity index (χ3v) is 1.95. The summed E-state index contributed by atoms with van der Waals surface area (Å²) in [6.07, 6.45) is 6.44. The molecule has 4 heteroatoms. The van der Waals surface area contributed by atoms with E-state index in [2.05, 4.69) is 10.6 Å². The Morgan fingerprint density at radius 2 is 2.25 bits per heavy atom. The number of amides is 3. The third-order valence-electron chi connectivity index (χ3n) is 1.95. The van der Waals surface area contributed by atoms with E-state index in [1.165, 1.54) is 0 Å². The average molecular weight is 164 g/mol. The lowest BCUT2D eigenvalue weighted by molar-refractivity contribution is -0.119. The number of hydrogen-bond donors (Lipinski definition) is 2. The molecule has 1 saturated heterocycles. The molecule has 0 aromatic heterocycles. The van der Waals surface area contributed by atoms with E-state index >= 15 is 0 Å². The lowest BCUT2D eigenvalue weighted by atomic mass is 10.1. The predicted molar refractivity (Wildman–Crippen MR) is 42.3 cm³/mol. The Bertz CT molecular complexity index is 304. The summed E-state index contributed by atoms with van der Waals surface area (Å²) in [7, 11) is 0. The predicted octanol–water partition coefficient (Wildman–Crippen LogP) is 0.0807. The Labute approximate surface area is 69.3 Å². The Morgan fingerprint density at radius 1 is 1.42 bits per heavy atom. The Kier molecular flexibility index (Phi) is 1.46. The minimum Gasteiger partial charge on any atom is -0.322 e. The van der Waals surface area contributed by atoms with E-state index in [-0.39, 0.29) is 5.91 Å². The maximum absolute atomic E-state index is 11.1. The SMILES string of the molecule is O=C1NC(=O)C(C2=CC=CC2)N1. The van der Waals surface area contributed by atoms with Crippen LogP contribution in [0.1, 0.15) is 6.42 Å². The van der Waals surface area contributed by atoms with Crippen LogP contribution in [0.2, 0.25) is 0 Å². The molecule has 3 amide bonds. The summed E-state index contributed by atoms with van der Waals surface area (Å²) in [4.78, 5) is 21.8. The number of rotatable bonds is 1. The van der Waals surface area contributed by atoms with Crippen LogP contribution in [-0.2, 0) is 4.79 Å². The number of carbonyl (C=O) groups is 2. The van der Waals surface area contributed by atoms with Gasteiger partial charge < -0.3 is 5.32 Å². The zero-order valence-corrected chi connectivity index (χ0v) is 6.33. The highest BCUT2D eigenvalue weighted by atomic mass is 16.2. The summed E-state index contributed by atoms with van der Waals surface area (Å²) in [5, 5.41) is 4.72. The van der Waals surface area contributed by atoms with Crippen LogP contribution < -0.4 is 10.6 Å². The molecular formula is C8H8N2O2. The summed E-state index contributed by atoms with van der Waals surface area (Å²) in [5.74, 6) is -0.255. The fourth-order valence-electron chi connectivity index (χ4n) is 1.36. The molecule has 1 unspecified atom stereocenters. The van der Waals surface area contributed by atoms with Crippen LogP contribution in [0.3, 0.4) is 0 Å². The standard InChI is InChI=1S/C8H8N2O2/c11-7-6(9-8(12)10-7)5-3-1-2-4-5/h1-3,6H,4H2,(H2,9,10,11,12). The molecule has 2 rings (SSSR count). The highest BCUT2D eigenvalue weighted by molar-refractivity contribution is 6.05. The third kappa shape index (κ3) is 1.01. The van der Waals surface area contributed by atoms with Gasteiger partial charge in [0.1, 0.15) is 6.04 Å². The summed E-state index contributed by atoms with van der Waals surface area (Å²) < 4.78 is 0. The first kappa shape index (κ1) is 7.09. The number of carbonyl (C=O) groups excluding carboxylic acids is 2. The highest BCUT2D eigenvalue weighted by Gasteiger charge is 2.32. The van der Waals surface area contributed by atoms with Crippen molar-refractivity contribution < 1.29 is 9.59 Å². The van der Waals surface area contributed by atoms with Gasteiger partial charge in [0, 0.05) is 0 Å². The van der Waals surface area contributed by atoms with E-state index in [0.717, 1.165) is 12.0 Å². The van der Waals surface area contributed by atoms with Gasteiger partial charge in [-0.2, -0.15) is 0 Å². The Balaban J connectivity index is 2.15. The van der Waals surface area contributed by atoms with Gasteiger partial charge in [0.05, 0.1) is 0 Å². The molecule has 1 atom stereocenters. The molecule has 4 nitrogen and oxygen atoms in total. The summed E-state index contributed by atoms with van der Waals surface area (Å²) in [5.41, 5.74) is 0.943. The molecular weight excluding hydrogens is 156 g/mol. The van der Waals surface area contributed by atoms with E-state index in [0.29, 0.717) is 0 Å². The monoisotopic (exact) mass is 164 g/mol. The van der Waals surface area contributed by atoms with Crippen molar-refractivity contribution in [3.63, 3.8) is 0 Å². The smallest absolute Gasteiger partial charge is 0.322 e. The molecule has 0 spiro atoms. The van der Waals surface area contributed by atoms with Gasteiger partial charge >= 0.3 is 6.03 Å². The molecule has 12 heavy (non-hydrogen) atoms. The quantitative estimate of drug-likeness (QED) is 0.539. The lowest BCUT2D eigenvalue weighted by Crippen LogP contribution is -2.30. The normalized spacial score (nSPS) is 27.0. The van der Waals surface area contributed by atoms with Gasteiger partial charge in [-0.1, -0.05) is 18.2 Å². The van der Waals surface area contributed by atoms with Crippen LogP contribution in [0.15, 0.2) is 23.8 Å². The Morgan fingerprint density at radius 3 is 2.75 bits per heavy atom. The zero-order valence-electron chi connectivity index (χ0n) is 6.33. The van der Waals surface area contributed by atoms with Crippen LogP contribution in [-0.4, -0.2) is 18.0 Å². The first-order chi connectivity index (χ1) is 5.77. The summed E-state index contributed by atoms with van der Waals surface area (Å²) in [6, 6.07) is -0.856. The van der Waals surface area contributed by atoms with E-state index in [9.17, 15) is 9.59 Å². The molecule has 0 saturated carbocycles. The summed E-state index contributed by atoms with van der Waals surface area (Å²) in [6.45, 7) is 0. The van der Waals surface area contributed by atoms with Crippen molar-refractivity contribution in [3.05, 3.63) is 23.8 Å². The van der Waals surface area contributed by atoms with E-state index in [1.54, 1.807) is 0 Å². The average Bonchev–Trinajstić information content (AvgIpc) is 2.58. The van der Waals surface area contributed by atoms with E-state index < -0.39 is 12.1 Å². The molecule has 1 aliphatic heterocycles. The van der Waals surface area contributed by atoms with E-state index in [4.69, 9.17) is 0 Å². The molecule has 1 aliphatic carbocycles. The highest BCUT2D eigenvalue weighted by Crippen LogP contribution is 2.16. The van der Waals surface area contributed by atoms with Crippen LogP contribution in [0, 0.1) is 0 Å². The number of imide groups is 1. The van der Waals surface area contributed by atoms with Crippen molar-refractivity contribution in [2.24, 2.45) is 0 Å². The molecule has 2 N–H and O–H groups in total. The van der Waals surface area contributed by atoms with Gasteiger partial charge in [-0.3, -0.25) is 10.1 Å². The van der Waals surface area contributed by atoms with Crippen molar-refractivity contribution in [1.29, 1.82) is 0 Å². The maximum Gasteiger partial charge on any atom is 0.322 e. The minimum atomic E-state index is -0.451. The van der Waals surface area contributed by atoms with Crippen molar-refractivity contribution in [1.82, 2.24) is 10.6 Å². The van der Waals surface area contributed by atoms with Crippen molar-refractivity contribution in [2.45, 2.75) is 12.5 Å². The van der Waals surface area contributed by atoms with Crippen LogP contribution in [0.25, 0.3) is 0 Å². The van der Waals surface area contributed by atoms with Crippen molar-refractivity contribution in [3.8, 4) is 0 Å². The molecule has 0 radical (unpaired) electrons. The number of hydrogen-bond acceptors (Lipinski definition) is 2. The molecule has 1 fully saturated rings. The number of urea groups is 1. The van der Waals surface area contributed by atoms with Crippen molar-refractivity contribution >= 4 is 11.9 Å². The number of nitrogens with one attached hydrogen (secondary N) is 2. The first-order valence-electron chi connectivity index (χ1n) is 3.74. The molecule has 1 heterocycles. The zero-order chi connectivity index (χ0) is 8.55. The fraction of sp³-hybridized carbons (Fsp3) is 0.250. The van der Waals surface area contributed by atoms with Gasteiger partial charge in [-0.25, -0.2) is 4.79 Å². The molecule has 0 aromatic carbocycles. The van der Waals surface area contributed by atoms with Gasteiger partial charge in [-0.05, 0) is 12.0 Å². The van der Waals surface area contributed by atoms with Crippen LogP contribution >= 0.6 is 0 Å². The van der Waals surface area contributed by atoms with Crippen LogP contribution in [0.5, 0.6) is 0 Å². The lowest BCUT2D eigenvalue weighted by Gasteiger charge is -2.06. The maximum atomic E-state index is 11.1. The van der Waals surface area contributed by atoms with Crippen LogP contribution in [0.4, 0.5) is 4.79 Å². The molecule has 0 aromatic rings. The second-order valence-electron chi connectivity index (χ2n) is 2.77.